The van der Waals surface area contributed by atoms with Crippen LogP contribution in [0.4, 0.5) is 5.69 Å². The fourth-order valence-corrected chi connectivity index (χ4v) is 3.25. The third-order valence-corrected chi connectivity index (χ3v) is 4.79. The van der Waals surface area contributed by atoms with Gasteiger partial charge in [0.25, 0.3) is 11.8 Å². The monoisotopic (exact) mass is 436 g/mol. The zero-order chi connectivity index (χ0) is 22.0. The van der Waals surface area contributed by atoms with Gasteiger partial charge in [-0.2, -0.15) is 0 Å². The zero-order valence-corrected chi connectivity index (χ0v) is 17.2. The normalized spacial score (nSPS) is 14.8. The van der Waals surface area contributed by atoms with E-state index in [-0.39, 0.29) is 5.57 Å². The number of hydrogen-bond donors (Lipinski definition) is 1. The molecule has 0 atom stereocenters. The van der Waals surface area contributed by atoms with Crippen molar-refractivity contribution in [3.05, 3.63) is 82.6 Å². The average molecular weight is 437 g/mol. The highest BCUT2D eigenvalue weighted by molar-refractivity contribution is 6.33. The predicted molar refractivity (Wildman–Crippen MR) is 115 cm³/mol. The molecule has 4 rings (SSSR count). The number of esters is 1. The van der Waals surface area contributed by atoms with Gasteiger partial charge in [0.15, 0.2) is 0 Å². The summed E-state index contributed by atoms with van der Waals surface area (Å²) in [5.41, 5.74) is 4.09. The molecule has 1 aliphatic rings. The van der Waals surface area contributed by atoms with Gasteiger partial charge in [-0.15, -0.1) is 0 Å². The van der Waals surface area contributed by atoms with E-state index in [0.717, 1.165) is 10.6 Å². The van der Waals surface area contributed by atoms with Crippen molar-refractivity contribution in [3.8, 4) is 11.3 Å². The highest BCUT2D eigenvalue weighted by atomic mass is 35.5. The number of benzene rings is 2. The molecule has 0 bridgehead atoms. The maximum Gasteiger partial charge on any atom is 0.338 e. The van der Waals surface area contributed by atoms with Gasteiger partial charge < -0.3 is 9.15 Å². The molecule has 0 aliphatic carbocycles. The minimum atomic E-state index is -0.540. The summed E-state index contributed by atoms with van der Waals surface area (Å²) in [5.74, 6) is -0.574. The van der Waals surface area contributed by atoms with Crippen LogP contribution in [0.3, 0.4) is 0 Å². The molecule has 3 aromatic rings. The van der Waals surface area contributed by atoms with E-state index < -0.39 is 17.8 Å². The van der Waals surface area contributed by atoms with Crippen LogP contribution in [0, 0.1) is 0 Å². The van der Waals surface area contributed by atoms with E-state index in [2.05, 4.69) is 5.43 Å². The Bertz CT molecular complexity index is 1200. The standard InChI is InChI=1S/C23H17ClN2O5/c1-2-30-23(29)15-8-6-14(7-9-15)20-11-10-18(31-20)13-19-21(27)25-26(22(19)28)17-5-3-4-16(24)12-17/h3-13H,2H2,1H3,(H,25,27). The number of anilines is 1. The van der Waals surface area contributed by atoms with E-state index in [9.17, 15) is 14.4 Å². The molecule has 2 amide bonds. The summed E-state index contributed by atoms with van der Waals surface area (Å²) in [5, 5.41) is 1.58. The van der Waals surface area contributed by atoms with E-state index >= 15 is 0 Å². The van der Waals surface area contributed by atoms with Crippen molar-refractivity contribution in [2.45, 2.75) is 6.92 Å². The van der Waals surface area contributed by atoms with Gasteiger partial charge in [0.2, 0.25) is 0 Å². The van der Waals surface area contributed by atoms with Crippen molar-refractivity contribution in [3.63, 3.8) is 0 Å². The number of carbonyl (C=O) groups excluding carboxylic acids is 3. The number of rotatable bonds is 5. The predicted octanol–water partition coefficient (Wildman–Crippen LogP) is 4.24. The summed E-state index contributed by atoms with van der Waals surface area (Å²) in [6, 6.07) is 16.7. The van der Waals surface area contributed by atoms with Crippen molar-refractivity contribution in [2.24, 2.45) is 0 Å². The molecule has 156 valence electrons. The second kappa shape index (κ2) is 8.49. The van der Waals surface area contributed by atoms with Gasteiger partial charge in [-0.3, -0.25) is 15.0 Å². The SMILES string of the molecule is CCOC(=O)c1ccc(-c2ccc(C=C3C(=O)NN(c4cccc(Cl)c4)C3=O)o2)cc1. The molecule has 1 N–H and O–H groups in total. The number of amides is 2. The highest BCUT2D eigenvalue weighted by Crippen LogP contribution is 2.27. The van der Waals surface area contributed by atoms with Crippen molar-refractivity contribution in [1.82, 2.24) is 5.43 Å². The molecule has 0 spiro atoms. The summed E-state index contributed by atoms with van der Waals surface area (Å²) in [6.07, 6.45) is 1.39. The molecule has 31 heavy (non-hydrogen) atoms. The Morgan fingerprint density at radius 2 is 1.90 bits per heavy atom. The van der Waals surface area contributed by atoms with Crippen LogP contribution in [0.1, 0.15) is 23.0 Å². The fourth-order valence-electron chi connectivity index (χ4n) is 3.07. The molecule has 2 heterocycles. The molecule has 0 radical (unpaired) electrons. The number of hydrazine groups is 1. The zero-order valence-electron chi connectivity index (χ0n) is 16.4. The fraction of sp³-hybridized carbons (Fsp3) is 0.0870. The van der Waals surface area contributed by atoms with Gasteiger partial charge in [0.05, 0.1) is 17.9 Å². The largest absolute Gasteiger partial charge is 0.462 e. The van der Waals surface area contributed by atoms with Gasteiger partial charge in [0.1, 0.15) is 17.1 Å². The number of carbonyl (C=O) groups is 3. The third kappa shape index (κ3) is 4.22. The van der Waals surface area contributed by atoms with E-state index in [1.54, 1.807) is 67.6 Å². The van der Waals surface area contributed by atoms with Crippen molar-refractivity contribution >= 4 is 41.1 Å². The Morgan fingerprint density at radius 1 is 1.13 bits per heavy atom. The van der Waals surface area contributed by atoms with Crippen LogP contribution in [-0.4, -0.2) is 24.4 Å². The number of hydrogen-bond acceptors (Lipinski definition) is 5. The molecule has 8 heteroatoms. The van der Waals surface area contributed by atoms with Crippen molar-refractivity contribution in [1.29, 1.82) is 0 Å². The topological polar surface area (TPSA) is 88.9 Å². The number of nitrogens with one attached hydrogen (secondary N) is 1. The smallest absolute Gasteiger partial charge is 0.338 e. The Balaban J connectivity index is 1.55. The second-order valence-electron chi connectivity index (χ2n) is 6.62. The first-order valence-corrected chi connectivity index (χ1v) is 9.84. The summed E-state index contributed by atoms with van der Waals surface area (Å²) >= 11 is 5.97. The van der Waals surface area contributed by atoms with Gasteiger partial charge in [-0.1, -0.05) is 29.8 Å². The maximum absolute atomic E-state index is 12.7. The van der Waals surface area contributed by atoms with E-state index in [1.807, 2.05) is 0 Å². The Labute approximate surface area is 182 Å². The van der Waals surface area contributed by atoms with Gasteiger partial charge >= 0.3 is 5.97 Å². The molecule has 1 fully saturated rings. The van der Waals surface area contributed by atoms with E-state index in [1.165, 1.54) is 6.08 Å². The molecule has 1 aromatic heterocycles. The number of ether oxygens (including phenoxy) is 1. The minimum Gasteiger partial charge on any atom is -0.462 e. The van der Waals surface area contributed by atoms with Crippen LogP contribution in [0.25, 0.3) is 17.4 Å². The Morgan fingerprint density at radius 3 is 2.61 bits per heavy atom. The second-order valence-corrected chi connectivity index (χ2v) is 7.06. The lowest BCUT2D eigenvalue weighted by Gasteiger charge is -2.14. The number of furan rings is 1. The third-order valence-electron chi connectivity index (χ3n) is 4.55. The Hall–Kier alpha value is -3.84. The minimum absolute atomic E-state index is 0.0569. The van der Waals surface area contributed by atoms with Crippen LogP contribution in [0.15, 0.2) is 70.7 Å². The quantitative estimate of drug-likeness (QED) is 0.367. The molecule has 1 saturated heterocycles. The Kier molecular flexibility index (Phi) is 5.60. The molecular weight excluding hydrogens is 420 g/mol. The number of nitrogens with zero attached hydrogens (tertiary/aromatic N) is 1. The molecule has 0 unspecified atom stereocenters. The summed E-state index contributed by atoms with van der Waals surface area (Å²) in [6.45, 7) is 2.05. The van der Waals surface area contributed by atoms with Crippen LogP contribution in [-0.2, 0) is 14.3 Å². The van der Waals surface area contributed by atoms with Gasteiger partial charge in [-0.25, -0.2) is 9.80 Å². The highest BCUT2D eigenvalue weighted by Gasteiger charge is 2.34. The molecule has 2 aromatic carbocycles. The van der Waals surface area contributed by atoms with Gasteiger partial charge in [0, 0.05) is 10.6 Å². The molecule has 1 aliphatic heterocycles. The lowest BCUT2D eigenvalue weighted by Crippen LogP contribution is -2.35. The van der Waals surface area contributed by atoms with E-state index in [0.29, 0.717) is 34.4 Å². The molecular formula is C23H17ClN2O5. The first-order chi connectivity index (χ1) is 15.0. The first kappa shape index (κ1) is 20.4. The van der Waals surface area contributed by atoms with Crippen LogP contribution in [0.5, 0.6) is 0 Å². The lowest BCUT2D eigenvalue weighted by atomic mass is 10.1. The van der Waals surface area contributed by atoms with Crippen LogP contribution >= 0.6 is 11.6 Å². The summed E-state index contributed by atoms with van der Waals surface area (Å²) < 4.78 is 10.7. The van der Waals surface area contributed by atoms with Crippen molar-refractivity contribution in [2.75, 3.05) is 11.6 Å². The lowest BCUT2D eigenvalue weighted by molar-refractivity contribution is -0.117. The van der Waals surface area contributed by atoms with Crippen LogP contribution < -0.4 is 10.4 Å². The maximum atomic E-state index is 12.7. The first-order valence-electron chi connectivity index (χ1n) is 9.46. The van der Waals surface area contributed by atoms with Gasteiger partial charge in [-0.05, 0) is 55.5 Å². The van der Waals surface area contributed by atoms with Crippen LogP contribution in [0.2, 0.25) is 5.02 Å². The summed E-state index contributed by atoms with van der Waals surface area (Å²) in [4.78, 5) is 36.8. The number of halogens is 1. The molecule has 0 saturated carbocycles. The van der Waals surface area contributed by atoms with E-state index in [4.69, 9.17) is 20.8 Å². The van der Waals surface area contributed by atoms with Crippen molar-refractivity contribution < 1.29 is 23.5 Å². The average Bonchev–Trinajstić information content (AvgIpc) is 3.34. The summed E-state index contributed by atoms with van der Waals surface area (Å²) in [7, 11) is 0. The molecule has 7 nitrogen and oxygen atoms in total.